The number of hydrogen-bond donors (Lipinski definition) is 2. The lowest BCUT2D eigenvalue weighted by atomic mass is 9.99. The minimum atomic E-state index is -1.79. The lowest BCUT2D eigenvalue weighted by Gasteiger charge is -2.25. The second kappa shape index (κ2) is 14.9. The van der Waals surface area contributed by atoms with Crippen LogP contribution in [0.1, 0.15) is 46.8 Å². The first-order valence-electron chi connectivity index (χ1n) is 15.3. The molecule has 2 aromatic carbocycles. The molecule has 5 rings (SSSR count). The number of carbonyl (C=O) groups excluding carboxylic acids is 1. The number of hydrogen-bond acceptors (Lipinski definition) is 12. The molecule has 0 amide bonds. The van der Waals surface area contributed by atoms with Gasteiger partial charge in [-0.25, -0.2) is 10.1 Å². The third-order valence-corrected chi connectivity index (χ3v) is 8.82. The number of rotatable bonds is 14. The van der Waals surface area contributed by atoms with E-state index >= 15 is 0 Å². The molecule has 1 saturated heterocycles. The Morgan fingerprint density at radius 2 is 1.96 bits per heavy atom. The first kappa shape index (κ1) is 33.7. The average Bonchev–Trinajstić information content (AvgIpc) is 3.64. The summed E-state index contributed by atoms with van der Waals surface area (Å²) >= 11 is 0. The molecule has 0 saturated carbocycles. The number of nitrogens with zero attached hydrogens (tertiary/aromatic N) is 4. The van der Waals surface area contributed by atoms with Gasteiger partial charge in [-0.15, -0.1) is 0 Å². The van der Waals surface area contributed by atoms with Gasteiger partial charge in [0.2, 0.25) is 11.8 Å². The standard InChI is InChI=1S/C32H43N6O7P/c1-20(30(39)42-18-32(2,3)4)37-46(45-25-13-9-11-21-10-7-8-12-24(21)25)43-17-23-16-22(14-15-40-5)29(44-23)38-19-34-26-27(38)35-31(33)36-28(26)41-6/h7-13,19-20,22-23,29,37H,14-18H2,1-6H3,(H2,33,35,36)/t20-,22?,23?,29?,46?/m0/s1. The van der Waals surface area contributed by atoms with Crippen molar-refractivity contribution in [1.82, 2.24) is 24.6 Å². The van der Waals surface area contributed by atoms with Crippen molar-refractivity contribution in [2.45, 2.75) is 58.9 Å². The highest BCUT2D eigenvalue weighted by atomic mass is 31.2. The quantitative estimate of drug-likeness (QED) is 0.132. The van der Waals surface area contributed by atoms with Gasteiger partial charge in [-0.2, -0.15) is 9.97 Å². The molecule has 1 aliphatic rings. The summed E-state index contributed by atoms with van der Waals surface area (Å²) in [5.74, 6) is 0.705. The minimum absolute atomic E-state index is 0.0672. The molecule has 13 nitrogen and oxygen atoms in total. The van der Waals surface area contributed by atoms with Gasteiger partial charge in [0.1, 0.15) is 18.0 Å². The van der Waals surface area contributed by atoms with E-state index in [1.165, 1.54) is 7.11 Å². The third kappa shape index (κ3) is 8.21. The number of nitrogen functional groups attached to an aromatic ring is 1. The van der Waals surface area contributed by atoms with E-state index in [4.69, 9.17) is 33.7 Å². The van der Waals surface area contributed by atoms with E-state index in [9.17, 15) is 4.79 Å². The van der Waals surface area contributed by atoms with E-state index < -0.39 is 20.8 Å². The molecule has 0 aliphatic carbocycles. The molecule has 4 aromatic rings. The van der Waals surface area contributed by atoms with E-state index in [0.29, 0.717) is 42.4 Å². The Morgan fingerprint density at radius 1 is 1.17 bits per heavy atom. The SMILES string of the molecule is COCCC1CC(COP(N[C@@H](C)C(=O)OCC(C)(C)C)Oc2cccc3ccccc23)OC1n1cnc2c(OC)nc(N)nc21. The lowest BCUT2D eigenvalue weighted by molar-refractivity contribution is -0.148. The van der Waals surface area contributed by atoms with Gasteiger partial charge in [0.25, 0.3) is 0 Å². The maximum Gasteiger partial charge on any atom is 0.323 e. The molecule has 3 N–H and O–H groups in total. The van der Waals surface area contributed by atoms with Gasteiger partial charge in [-0.3, -0.25) is 9.36 Å². The number of ether oxygens (including phenoxy) is 4. The van der Waals surface area contributed by atoms with Crippen molar-refractivity contribution in [3.05, 3.63) is 48.8 Å². The monoisotopic (exact) mass is 654 g/mol. The van der Waals surface area contributed by atoms with Crippen molar-refractivity contribution < 1.29 is 32.8 Å². The summed E-state index contributed by atoms with van der Waals surface area (Å²) in [5, 5.41) is 5.20. The van der Waals surface area contributed by atoms with Crippen molar-refractivity contribution in [2.75, 3.05) is 39.8 Å². The smallest absolute Gasteiger partial charge is 0.323 e. The van der Waals surface area contributed by atoms with E-state index in [-0.39, 0.29) is 36.0 Å². The highest BCUT2D eigenvalue weighted by molar-refractivity contribution is 7.45. The Bertz CT molecular complexity index is 1620. The Balaban J connectivity index is 1.34. The number of imidazole rings is 1. The summed E-state index contributed by atoms with van der Waals surface area (Å²) < 4.78 is 37.6. The van der Waals surface area contributed by atoms with Crippen LogP contribution in [0.25, 0.3) is 21.9 Å². The molecular formula is C32H43N6O7P. The largest absolute Gasteiger partial charge is 0.479 e. The average molecular weight is 655 g/mol. The topological polar surface area (TPSA) is 154 Å². The maximum atomic E-state index is 12.9. The summed E-state index contributed by atoms with van der Waals surface area (Å²) in [4.78, 5) is 25.9. The number of nitrogens with two attached hydrogens (primary N) is 1. The van der Waals surface area contributed by atoms with Crippen LogP contribution in [0.4, 0.5) is 5.95 Å². The van der Waals surface area contributed by atoms with Crippen molar-refractivity contribution in [1.29, 1.82) is 0 Å². The summed E-state index contributed by atoms with van der Waals surface area (Å²) in [6.45, 7) is 8.84. The fourth-order valence-electron chi connectivity index (χ4n) is 5.21. The normalized spacial score (nSPS) is 19.7. The minimum Gasteiger partial charge on any atom is -0.479 e. The van der Waals surface area contributed by atoms with Crippen LogP contribution in [0, 0.1) is 11.3 Å². The van der Waals surface area contributed by atoms with Crippen molar-refractivity contribution >= 4 is 42.4 Å². The van der Waals surface area contributed by atoms with Crippen LogP contribution in [-0.2, 0) is 23.5 Å². The van der Waals surface area contributed by atoms with Crippen LogP contribution in [0.3, 0.4) is 0 Å². The molecule has 46 heavy (non-hydrogen) atoms. The van der Waals surface area contributed by atoms with E-state index in [2.05, 4.69) is 20.0 Å². The molecule has 0 spiro atoms. The first-order valence-corrected chi connectivity index (χ1v) is 16.4. The van der Waals surface area contributed by atoms with E-state index in [1.54, 1.807) is 20.4 Å². The van der Waals surface area contributed by atoms with Crippen molar-refractivity contribution in [3.8, 4) is 11.6 Å². The van der Waals surface area contributed by atoms with Crippen LogP contribution in [0.5, 0.6) is 11.6 Å². The molecular weight excluding hydrogens is 611 g/mol. The molecule has 2 aromatic heterocycles. The number of anilines is 1. The van der Waals surface area contributed by atoms with Crippen LogP contribution in [0.2, 0.25) is 0 Å². The zero-order valence-electron chi connectivity index (χ0n) is 27.1. The summed E-state index contributed by atoms with van der Waals surface area (Å²) in [6.07, 6.45) is 2.39. The van der Waals surface area contributed by atoms with Gasteiger partial charge < -0.3 is 33.7 Å². The zero-order chi connectivity index (χ0) is 32.8. The Morgan fingerprint density at radius 3 is 2.72 bits per heavy atom. The van der Waals surface area contributed by atoms with Crippen LogP contribution in [0.15, 0.2) is 48.8 Å². The van der Waals surface area contributed by atoms with Crippen LogP contribution >= 0.6 is 8.53 Å². The van der Waals surface area contributed by atoms with Crippen LogP contribution in [-0.4, -0.2) is 71.7 Å². The highest BCUT2D eigenvalue weighted by Crippen LogP contribution is 2.43. The van der Waals surface area contributed by atoms with E-state index in [0.717, 1.165) is 17.2 Å². The summed E-state index contributed by atoms with van der Waals surface area (Å²) in [6, 6.07) is 13.1. The summed E-state index contributed by atoms with van der Waals surface area (Å²) in [5.41, 5.74) is 6.83. The first-order chi connectivity index (χ1) is 22.1. The van der Waals surface area contributed by atoms with Crippen LogP contribution < -0.4 is 20.1 Å². The second-order valence-corrected chi connectivity index (χ2v) is 13.7. The lowest BCUT2D eigenvalue weighted by Crippen LogP contribution is -2.35. The van der Waals surface area contributed by atoms with Gasteiger partial charge >= 0.3 is 14.5 Å². The Kier molecular flexibility index (Phi) is 10.9. The predicted octanol–water partition coefficient (Wildman–Crippen LogP) is 5.40. The predicted molar refractivity (Wildman–Crippen MR) is 175 cm³/mol. The fourth-order valence-corrected chi connectivity index (χ4v) is 6.45. The van der Waals surface area contributed by atoms with E-state index in [1.807, 2.05) is 67.8 Å². The number of nitrogens with one attached hydrogen (secondary N) is 1. The number of fused-ring (bicyclic) bond motifs is 2. The van der Waals surface area contributed by atoms with Crippen molar-refractivity contribution in [2.24, 2.45) is 11.3 Å². The molecule has 14 heteroatoms. The van der Waals surface area contributed by atoms with Crippen molar-refractivity contribution in [3.63, 3.8) is 0 Å². The van der Waals surface area contributed by atoms with Gasteiger partial charge in [0.15, 0.2) is 11.2 Å². The molecule has 1 aliphatic heterocycles. The molecule has 0 radical (unpaired) electrons. The fraction of sp³-hybridized carbons (Fsp3) is 0.500. The number of esters is 1. The van der Waals surface area contributed by atoms with Gasteiger partial charge in [-0.05, 0) is 36.6 Å². The zero-order valence-corrected chi connectivity index (χ0v) is 28.0. The van der Waals surface area contributed by atoms with Gasteiger partial charge in [-0.1, -0.05) is 57.2 Å². The van der Waals surface area contributed by atoms with Gasteiger partial charge in [0.05, 0.1) is 32.8 Å². The number of benzene rings is 2. The number of methoxy groups -OCH3 is 2. The number of carbonyl (C=O) groups is 1. The maximum absolute atomic E-state index is 12.9. The third-order valence-electron chi connectivity index (χ3n) is 7.48. The van der Waals surface area contributed by atoms with Gasteiger partial charge in [0, 0.05) is 25.0 Å². The molecule has 0 bridgehead atoms. The molecule has 1 fully saturated rings. The molecule has 3 heterocycles. The summed E-state index contributed by atoms with van der Waals surface area (Å²) in [7, 11) is 1.40. The Hall–Kier alpha value is -3.61. The molecule has 248 valence electrons. The highest BCUT2D eigenvalue weighted by Gasteiger charge is 2.38. The molecule has 5 atom stereocenters. The molecule has 4 unspecified atom stereocenters. The Labute approximate surface area is 270 Å². The number of aromatic nitrogens is 4. The second-order valence-electron chi connectivity index (χ2n) is 12.5.